The topological polar surface area (TPSA) is 158 Å². The van der Waals surface area contributed by atoms with Crippen molar-refractivity contribution in [3.05, 3.63) is 34.5 Å². The molecule has 3 heterocycles. The molecule has 1 atom stereocenters. The van der Waals surface area contributed by atoms with Crippen molar-refractivity contribution in [1.82, 2.24) is 19.5 Å². The zero-order chi connectivity index (χ0) is 26.2. The summed E-state index contributed by atoms with van der Waals surface area (Å²) in [5, 5.41) is -2.31. The number of carbonyl (C=O) groups is 1. The maximum atomic E-state index is 13.9. The summed E-state index contributed by atoms with van der Waals surface area (Å²) in [6.07, 6.45) is 5.32. The van der Waals surface area contributed by atoms with Crippen LogP contribution in [0.3, 0.4) is 0 Å². The number of methoxy groups -OCH3 is 1. The van der Waals surface area contributed by atoms with Gasteiger partial charge in [0.15, 0.2) is 50.9 Å². The smallest absolute Gasteiger partial charge is 0.443 e. The fraction of sp³-hybridized carbons (Fsp3) is 0.389. The standard InChI is InChI=1S/C18H22B4FN5O7/c1-4-16(31-3,18(21,22)35-14(29)32-5-9-8(2)33-15(30)34-9)6-17(19,20)28-7-25-10-11(24)26-13(23)27-12(10)28/h1,7H,5-6,19-22H2,2-3H3,(H2,24,26,27). The molecule has 0 saturated carbocycles. The third kappa shape index (κ3) is 4.92. The Morgan fingerprint density at radius 1 is 1.31 bits per heavy atom. The average molecular weight is 483 g/mol. The van der Waals surface area contributed by atoms with Crippen LogP contribution in [-0.4, -0.2) is 75.2 Å². The van der Waals surface area contributed by atoms with Crippen molar-refractivity contribution in [3.8, 4) is 12.3 Å². The molecular formula is C18H22B4FN5O7. The van der Waals surface area contributed by atoms with Crippen LogP contribution in [0.5, 0.6) is 0 Å². The van der Waals surface area contributed by atoms with Crippen molar-refractivity contribution in [3.63, 3.8) is 0 Å². The van der Waals surface area contributed by atoms with E-state index in [0.717, 1.165) is 0 Å². The van der Waals surface area contributed by atoms with E-state index in [1.54, 1.807) is 36.0 Å². The number of anilines is 1. The van der Waals surface area contributed by atoms with Gasteiger partial charge in [-0.1, -0.05) is 5.92 Å². The van der Waals surface area contributed by atoms with Crippen molar-refractivity contribution in [2.45, 2.75) is 36.3 Å². The quantitative estimate of drug-likeness (QED) is 0.151. The van der Waals surface area contributed by atoms with Crippen LogP contribution in [0.15, 0.2) is 20.0 Å². The van der Waals surface area contributed by atoms with E-state index in [2.05, 4.69) is 20.9 Å². The van der Waals surface area contributed by atoms with E-state index < -0.39 is 34.4 Å². The first kappa shape index (κ1) is 26.0. The molecule has 0 aliphatic heterocycles. The zero-order valence-electron chi connectivity index (χ0n) is 20.2. The van der Waals surface area contributed by atoms with E-state index in [1.165, 1.54) is 20.4 Å². The number of hydrogen-bond donors (Lipinski definition) is 1. The molecule has 0 aliphatic carbocycles. The summed E-state index contributed by atoms with van der Waals surface area (Å²) in [7, 11) is 8.09. The summed E-state index contributed by atoms with van der Waals surface area (Å²) >= 11 is 0. The van der Waals surface area contributed by atoms with Gasteiger partial charge < -0.3 is 33.3 Å². The van der Waals surface area contributed by atoms with Crippen LogP contribution < -0.4 is 11.6 Å². The van der Waals surface area contributed by atoms with Gasteiger partial charge in [-0.15, -0.1) is 6.42 Å². The lowest BCUT2D eigenvalue weighted by Gasteiger charge is -2.45. The van der Waals surface area contributed by atoms with Gasteiger partial charge in [0.25, 0.3) is 0 Å². The Balaban J connectivity index is 1.86. The van der Waals surface area contributed by atoms with Gasteiger partial charge in [0.05, 0.1) is 11.7 Å². The number of hydrogen-bond acceptors (Lipinski definition) is 11. The average Bonchev–Trinajstić information content (AvgIpc) is 3.33. The molecule has 1 unspecified atom stereocenters. The molecule has 0 aromatic carbocycles. The monoisotopic (exact) mass is 483 g/mol. The number of carbonyl (C=O) groups excluding carboxylic acids is 1. The first-order valence-electron chi connectivity index (χ1n) is 10.4. The van der Waals surface area contributed by atoms with E-state index in [0.29, 0.717) is 0 Å². The van der Waals surface area contributed by atoms with Crippen LogP contribution in [0.25, 0.3) is 11.2 Å². The highest BCUT2D eigenvalue weighted by atomic mass is 19.1. The van der Waals surface area contributed by atoms with Gasteiger partial charge >= 0.3 is 18.1 Å². The molecule has 0 saturated heterocycles. The van der Waals surface area contributed by atoms with Crippen molar-refractivity contribution < 1.29 is 32.2 Å². The number of terminal acetylenes is 1. The molecule has 3 rings (SSSR count). The normalized spacial score (nSPS) is 13.8. The molecule has 35 heavy (non-hydrogen) atoms. The lowest BCUT2D eigenvalue weighted by atomic mass is 9.48. The molecule has 180 valence electrons. The second-order valence-electron chi connectivity index (χ2n) is 8.91. The second-order valence-corrected chi connectivity index (χ2v) is 8.91. The predicted molar refractivity (Wildman–Crippen MR) is 131 cm³/mol. The first-order valence-corrected chi connectivity index (χ1v) is 10.4. The Morgan fingerprint density at radius 2 is 2.00 bits per heavy atom. The maximum absolute atomic E-state index is 13.9. The zero-order valence-corrected chi connectivity index (χ0v) is 20.2. The van der Waals surface area contributed by atoms with Crippen molar-refractivity contribution in [2.75, 3.05) is 12.8 Å². The van der Waals surface area contributed by atoms with Gasteiger partial charge in [0.2, 0.25) is 0 Å². The molecule has 17 heteroatoms. The molecule has 0 fully saturated rings. The van der Waals surface area contributed by atoms with Gasteiger partial charge in [-0.2, -0.15) is 14.4 Å². The Hall–Kier alpha value is -3.66. The summed E-state index contributed by atoms with van der Waals surface area (Å²) in [4.78, 5) is 35.1. The van der Waals surface area contributed by atoms with E-state index in [1.807, 2.05) is 0 Å². The number of imidazole rings is 1. The molecule has 12 nitrogen and oxygen atoms in total. The van der Waals surface area contributed by atoms with Crippen molar-refractivity contribution >= 4 is 54.5 Å². The third-order valence-electron chi connectivity index (χ3n) is 5.78. The summed E-state index contributed by atoms with van der Waals surface area (Å²) < 4.78 is 41.3. The lowest BCUT2D eigenvalue weighted by Crippen LogP contribution is -2.62. The van der Waals surface area contributed by atoms with Crippen LogP contribution in [0.2, 0.25) is 0 Å². The molecule has 0 spiro atoms. The summed E-state index contributed by atoms with van der Waals surface area (Å²) in [5.74, 6) is 1.79. The van der Waals surface area contributed by atoms with Crippen molar-refractivity contribution in [2.24, 2.45) is 0 Å². The van der Waals surface area contributed by atoms with Gasteiger partial charge in [-0.3, -0.25) is 0 Å². The molecule has 0 amide bonds. The fourth-order valence-corrected chi connectivity index (χ4v) is 3.80. The highest BCUT2D eigenvalue weighted by Gasteiger charge is 2.50. The molecule has 3 aromatic heterocycles. The van der Waals surface area contributed by atoms with Crippen LogP contribution >= 0.6 is 0 Å². The Morgan fingerprint density at radius 3 is 2.57 bits per heavy atom. The van der Waals surface area contributed by atoms with Crippen LogP contribution in [-0.2, 0) is 26.2 Å². The Bertz CT molecular complexity index is 1370. The molecule has 3 aromatic rings. The van der Waals surface area contributed by atoms with Crippen LogP contribution in [0.4, 0.5) is 15.0 Å². The second kappa shape index (κ2) is 9.18. The highest BCUT2D eigenvalue weighted by molar-refractivity contribution is 6.41. The van der Waals surface area contributed by atoms with E-state index in [-0.39, 0.29) is 41.5 Å². The summed E-state index contributed by atoms with van der Waals surface area (Å²) in [6.45, 7) is 1.10. The number of aryl methyl sites for hydroxylation is 1. The molecule has 0 aliphatic rings. The van der Waals surface area contributed by atoms with E-state index >= 15 is 0 Å². The SMILES string of the molecule is BC(B)(CC(C#C)(OC)C(B)(B)OC(=O)OCc1oc(=O)oc1C)n1cnc2c(N)nc(F)nc21. The van der Waals surface area contributed by atoms with E-state index in [4.69, 9.17) is 35.2 Å². The minimum atomic E-state index is -1.48. The highest BCUT2D eigenvalue weighted by Crippen LogP contribution is 2.35. The number of nitrogens with zero attached hydrogens (tertiary/aromatic N) is 4. The van der Waals surface area contributed by atoms with Gasteiger partial charge in [-0.05, 0) is 18.7 Å². The third-order valence-corrected chi connectivity index (χ3v) is 5.78. The molecule has 0 bridgehead atoms. The predicted octanol–water partition coefficient (Wildman–Crippen LogP) is -3.04. The van der Waals surface area contributed by atoms with E-state index in [9.17, 15) is 14.0 Å². The summed E-state index contributed by atoms with van der Waals surface area (Å²) in [5.41, 5.74) is 4.68. The Labute approximate surface area is 202 Å². The Kier molecular flexibility index (Phi) is 6.81. The fourth-order valence-electron chi connectivity index (χ4n) is 3.80. The lowest BCUT2D eigenvalue weighted by molar-refractivity contribution is -0.0811. The number of fused-ring (bicyclic) bond motifs is 1. The number of nitrogens with two attached hydrogens (primary N) is 1. The van der Waals surface area contributed by atoms with Crippen LogP contribution in [0, 0.1) is 25.3 Å². The molecule has 2 N–H and O–H groups in total. The van der Waals surface area contributed by atoms with Gasteiger partial charge in [0, 0.05) is 7.11 Å². The van der Waals surface area contributed by atoms with Gasteiger partial charge in [0.1, 0.15) is 21.2 Å². The van der Waals surface area contributed by atoms with Gasteiger partial charge in [-0.25, -0.2) is 14.6 Å². The minimum absolute atomic E-state index is 0.0429. The first-order chi connectivity index (χ1) is 16.2. The summed E-state index contributed by atoms with van der Waals surface area (Å²) in [6, 6.07) is 0. The number of nitrogen functional groups attached to an aromatic ring is 1. The number of ether oxygens (including phenoxy) is 3. The number of rotatable bonds is 8. The van der Waals surface area contributed by atoms with Crippen LogP contribution in [0.1, 0.15) is 17.9 Å². The maximum Gasteiger partial charge on any atom is 0.519 e. The minimum Gasteiger partial charge on any atom is -0.443 e. The molecule has 0 radical (unpaired) electrons. The number of aromatic nitrogens is 4. The van der Waals surface area contributed by atoms with Crippen molar-refractivity contribution in [1.29, 1.82) is 0 Å². The largest absolute Gasteiger partial charge is 0.519 e. The number of halogens is 1. The molecular weight excluding hydrogens is 460 g/mol.